The van der Waals surface area contributed by atoms with E-state index in [-0.39, 0.29) is 71.6 Å². The summed E-state index contributed by atoms with van der Waals surface area (Å²) in [5.41, 5.74) is 5.30. The van der Waals surface area contributed by atoms with Gasteiger partial charge in [-0.1, -0.05) is 70.4 Å². The van der Waals surface area contributed by atoms with Gasteiger partial charge in [-0.05, 0) is 32.1 Å². The minimum Gasteiger partial charge on any atom is -1.00 e. The second kappa shape index (κ2) is 21.2. The van der Waals surface area contributed by atoms with Crippen LogP contribution in [0.2, 0.25) is 0 Å². The molecule has 0 fully saturated rings. The predicted octanol–water partition coefficient (Wildman–Crippen LogP) is 2.31. The number of allylic oxidation sites excluding steroid dienone is 2. The van der Waals surface area contributed by atoms with E-state index in [9.17, 15) is 13.2 Å². The maximum atomic E-state index is 11.8. The third-order valence-corrected chi connectivity index (χ3v) is 6.06. The second-order valence-electron chi connectivity index (χ2n) is 7.45. The van der Waals surface area contributed by atoms with Crippen molar-refractivity contribution < 1.29 is 70.6 Å². The molecular weight excluding hydrogens is 401 g/mol. The van der Waals surface area contributed by atoms with Gasteiger partial charge in [-0.15, -0.1) is 0 Å². The van der Waals surface area contributed by atoms with Gasteiger partial charge < -0.3 is 7.16 Å². The Morgan fingerprint density at radius 1 is 0.929 bits per heavy atom. The fourth-order valence-electron chi connectivity index (χ4n) is 3.06. The second-order valence-corrected chi connectivity index (χ2v) is 9.15. The minimum absolute atomic E-state index is 0. The fraction of sp³-hybridized carbons (Fsp3) is 0.857. The topological polar surface area (TPSA) is 97.5 Å². The van der Waals surface area contributed by atoms with E-state index in [1.165, 1.54) is 51.4 Å². The molecule has 0 spiro atoms. The van der Waals surface area contributed by atoms with E-state index in [1.807, 2.05) is 0 Å². The van der Waals surface area contributed by atoms with Crippen molar-refractivity contribution in [2.24, 2.45) is 5.73 Å². The van der Waals surface area contributed by atoms with Crippen molar-refractivity contribution in [3.05, 3.63) is 12.2 Å². The summed E-state index contributed by atoms with van der Waals surface area (Å²) in [5, 5.41) is -1.16. The van der Waals surface area contributed by atoms with Gasteiger partial charge in [0.1, 0.15) is 11.0 Å². The quantitative estimate of drug-likeness (QED) is 0.138. The van der Waals surface area contributed by atoms with Gasteiger partial charge in [0.05, 0.1) is 0 Å². The van der Waals surface area contributed by atoms with Crippen LogP contribution in [0.1, 0.15) is 105 Å². The summed E-state index contributed by atoms with van der Waals surface area (Å²) in [4.78, 5) is 11.8. The first-order valence-corrected chi connectivity index (χ1v) is 12.2. The molecule has 0 bridgehead atoms. The first-order valence-electron chi connectivity index (χ1n) is 10.7. The monoisotopic (exact) mass is 443 g/mol. The van der Waals surface area contributed by atoms with Gasteiger partial charge in [-0.2, -0.15) is 8.42 Å². The molecule has 0 aliphatic heterocycles. The molecule has 5 nitrogen and oxygen atoms in total. The third kappa shape index (κ3) is 20.2. The zero-order chi connectivity index (χ0) is 20.4. The van der Waals surface area contributed by atoms with Crippen LogP contribution in [0.3, 0.4) is 0 Å². The summed E-state index contributed by atoms with van der Waals surface area (Å²) >= 11 is 0. The van der Waals surface area contributed by atoms with Crippen molar-refractivity contribution in [2.75, 3.05) is 6.54 Å². The zero-order valence-corrected chi connectivity index (χ0v) is 22.1. The van der Waals surface area contributed by atoms with E-state index in [4.69, 9.17) is 10.3 Å². The number of carbonyl (C=O) groups excluding carboxylic acids is 1. The Morgan fingerprint density at radius 3 is 1.86 bits per heavy atom. The number of rotatable bonds is 19. The molecule has 0 saturated heterocycles. The van der Waals surface area contributed by atoms with Crippen LogP contribution in [0, 0.1) is 0 Å². The van der Waals surface area contributed by atoms with Gasteiger partial charge in [-0.25, -0.2) is 0 Å². The Labute approximate surface area is 217 Å². The molecule has 162 valence electrons. The average molecular weight is 444 g/mol. The van der Waals surface area contributed by atoms with Crippen LogP contribution in [0.15, 0.2) is 12.2 Å². The molecule has 0 aromatic rings. The van der Waals surface area contributed by atoms with Gasteiger partial charge in [-0.3, -0.25) is 9.35 Å². The molecule has 28 heavy (non-hydrogen) atoms. The van der Waals surface area contributed by atoms with Crippen LogP contribution in [0.25, 0.3) is 0 Å². The minimum atomic E-state index is -4.22. The van der Waals surface area contributed by atoms with Crippen LogP contribution in [-0.4, -0.2) is 30.5 Å². The summed E-state index contributed by atoms with van der Waals surface area (Å²) in [6, 6.07) is 0. The number of unbranched alkanes of at least 4 members (excludes halogenated alkanes) is 11. The summed E-state index contributed by atoms with van der Waals surface area (Å²) < 4.78 is 31.0. The molecule has 1 atom stereocenters. The van der Waals surface area contributed by atoms with Crippen molar-refractivity contribution in [3.8, 4) is 0 Å². The average Bonchev–Trinajstić information content (AvgIpc) is 2.62. The predicted molar refractivity (Wildman–Crippen MR) is 115 cm³/mol. The molecule has 1 unspecified atom stereocenters. The van der Waals surface area contributed by atoms with E-state index >= 15 is 0 Å². The first kappa shape index (κ1) is 31.1. The van der Waals surface area contributed by atoms with Crippen LogP contribution < -0.4 is 57.1 Å². The summed E-state index contributed by atoms with van der Waals surface area (Å²) in [5.74, 6) is -0.138. The van der Waals surface area contributed by atoms with Crippen LogP contribution in [-0.2, 0) is 14.9 Å². The molecular formula is C21H42KNO4S. The van der Waals surface area contributed by atoms with E-state index in [0.717, 1.165) is 32.1 Å². The van der Waals surface area contributed by atoms with Crippen molar-refractivity contribution in [1.82, 2.24) is 0 Å². The van der Waals surface area contributed by atoms with Crippen LogP contribution in [0.4, 0.5) is 0 Å². The Bertz CT molecular complexity index is 501. The maximum Gasteiger partial charge on any atom is 1.00 e. The summed E-state index contributed by atoms with van der Waals surface area (Å²) in [7, 11) is -4.22. The number of ketones is 1. The summed E-state index contributed by atoms with van der Waals surface area (Å²) in [6.07, 6.45) is 20.3. The maximum absolute atomic E-state index is 11.8. The molecule has 3 N–H and O–H groups in total. The molecule has 0 aliphatic rings. The largest absolute Gasteiger partial charge is 1.00 e. The third-order valence-electron chi connectivity index (χ3n) is 4.86. The first-order chi connectivity index (χ1) is 12.9. The Morgan fingerprint density at radius 2 is 1.39 bits per heavy atom. The Balaban J connectivity index is -0.00000338. The molecule has 0 saturated carbocycles. The van der Waals surface area contributed by atoms with E-state index < -0.39 is 15.4 Å². The summed E-state index contributed by atoms with van der Waals surface area (Å²) in [6.45, 7) is 2.02. The van der Waals surface area contributed by atoms with Gasteiger partial charge in [0.2, 0.25) is 0 Å². The van der Waals surface area contributed by atoms with E-state index in [1.54, 1.807) is 0 Å². The standard InChI is InChI=1S/C21H41NO4S.K.H/c1-2-3-4-5-6-7-8-9-10-11-12-13-14-15-16-17-20(23)18-21(19-22)27(24,25)26;;/h9-10,21H,2-8,11-19,22H2,1H3,(H,24,25,26);;/q;+1;-1. The van der Waals surface area contributed by atoms with Gasteiger partial charge in [0.25, 0.3) is 10.1 Å². The zero-order valence-electron chi connectivity index (χ0n) is 19.2. The van der Waals surface area contributed by atoms with Crippen molar-refractivity contribution >= 4 is 15.9 Å². The number of hydrogen-bond donors (Lipinski definition) is 2. The molecule has 0 amide bonds. The smallest absolute Gasteiger partial charge is 1.00 e. The Hall–Kier alpha value is 0.916. The fourth-order valence-corrected chi connectivity index (χ4v) is 3.70. The SMILES string of the molecule is CCCCCCCCC=CCCCCCCCC(=O)CC(CN)S(=O)(=O)O.[H-].[K+]. The molecule has 0 radical (unpaired) electrons. The van der Waals surface area contributed by atoms with Crippen LogP contribution >= 0.6 is 0 Å². The molecule has 0 heterocycles. The van der Waals surface area contributed by atoms with Crippen LogP contribution in [0.5, 0.6) is 0 Å². The van der Waals surface area contributed by atoms with E-state index in [2.05, 4.69) is 19.1 Å². The number of carbonyl (C=O) groups is 1. The number of hydrogen-bond acceptors (Lipinski definition) is 4. The Kier molecular flexibility index (Phi) is 23.5. The number of nitrogens with two attached hydrogens (primary N) is 1. The van der Waals surface area contributed by atoms with E-state index in [0.29, 0.717) is 6.42 Å². The molecule has 0 aromatic heterocycles. The van der Waals surface area contributed by atoms with Crippen molar-refractivity contribution in [1.29, 1.82) is 0 Å². The van der Waals surface area contributed by atoms with Gasteiger partial charge in [0.15, 0.2) is 0 Å². The molecule has 7 heteroatoms. The molecule has 0 rings (SSSR count). The molecule has 0 aliphatic carbocycles. The van der Waals surface area contributed by atoms with Gasteiger partial charge >= 0.3 is 51.4 Å². The van der Waals surface area contributed by atoms with Gasteiger partial charge in [0, 0.05) is 19.4 Å². The van der Waals surface area contributed by atoms with Crippen molar-refractivity contribution in [2.45, 2.75) is 108 Å². The van der Waals surface area contributed by atoms with Crippen molar-refractivity contribution in [3.63, 3.8) is 0 Å². The number of Topliss-reactive ketones (excluding diaryl/α,β-unsaturated/α-hetero) is 1. The normalized spacial score (nSPS) is 12.8. The molecule has 0 aromatic carbocycles.